The number of rotatable bonds is 5. The van der Waals surface area contributed by atoms with Gasteiger partial charge in [0.1, 0.15) is 0 Å². The summed E-state index contributed by atoms with van der Waals surface area (Å²) >= 11 is 0. The first-order chi connectivity index (χ1) is 7.74. The highest BCUT2D eigenvalue weighted by atomic mass is 16.5. The lowest BCUT2D eigenvalue weighted by Crippen LogP contribution is -2.44. The average Bonchev–Trinajstić information content (AvgIpc) is 2.25. The Labute approximate surface area is 99.9 Å². The molecule has 2 aliphatic carbocycles. The third-order valence-electron chi connectivity index (χ3n) is 4.72. The lowest BCUT2D eigenvalue weighted by Gasteiger charge is -2.39. The van der Waals surface area contributed by atoms with Crippen LogP contribution < -0.4 is 5.73 Å². The van der Waals surface area contributed by atoms with Crippen molar-refractivity contribution >= 4 is 0 Å². The Hall–Kier alpha value is -0.0800. The van der Waals surface area contributed by atoms with Crippen LogP contribution in [0.5, 0.6) is 0 Å². The molecular formula is C14H27NO. The fourth-order valence-corrected chi connectivity index (χ4v) is 2.92. The highest BCUT2D eigenvalue weighted by Crippen LogP contribution is 2.35. The van der Waals surface area contributed by atoms with E-state index in [1.165, 1.54) is 51.4 Å². The average molecular weight is 225 g/mol. The number of hydrogen-bond donors (Lipinski definition) is 1. The predicted molar refractivity (Wildman–Crippen MR) is 67.3 cm³/mol. The summed E-state index contributed by atoms with van der Waals surface area (Å²) in [5, 5.41) is 0. The van der Waals surface area contributed by atoms with Gasteiger partial charge in [0.25, 0.3) is 0 Å². The van der Waals surface area contributed by atoms with Crippen molar-refractivity contribution in [1.29, 1.82) is 0 Å². The van der Waals surface area contributed by atoms with Gasteiger partial charge in [0.2, 0.25) is 0 Å². The van der Waals surface area contributed by atoms with E-state index in [0.29, 0.717) is 6.54 Å². The molecule has 2 fully saturated rings. The molecule has 0 bridgehead atoms. The van der Waals surface area contributed by atoms with Crippen LogP contribution in [0.1, 0.15) is 58.3 Å². The largest absolute Gasteiger partial charge is 0.374 e. The molecule has 0 unspecified atom stereocenters. The molecule has 2 heteroatoms. The van der Waals surface area contributed by atoms with E-state index >= 15 is 0 Å². The van der Waals surface area contributed by atoms with Crippen molar-refractivity contribution in [1.82, 2.24) is 0 Å². The predicted octanol–water partition coefficient (Wildman–Crippen LogP) is 3.10. The van der Waals surface area contributed by atoms with Gasteiger partial charge in [-0.2, -0.15) is 0 Å². The molecule has 2 nitrogen and oxygen atoms in total. The molecule has 94 valence electrons. The second-order valence-electron chi connectivity index (χ2n) is 6.00. The highest BCUT2D eigenvalue weighted by Gasteiger charge is 2.34. The zero-order valence-electron chi connectivity index (χ0n) is 10.7. The number of nitrogens with two attached hydrogens (primary N) is 1. The van der Waals surface area contributed by atoms with Gasteiger partial charge in [0, 0.05) is 13.2 Å². The van der Waals surface area contributed by atoms with E-state index in [9.17, 15) is 0 Å². The van der Waals surface area contributed by atoms with Crippen molar-refractivity contribution in [3.63, 3.8) is 0 Å². The SMILES string of the molecule is CC1CCC(CN)(OCCC2CCC2)CC1. The van der Waals surface area contributed by atoms with E-state index in [1.54, 1.807) is 0 Å². The first kappa shape index (κ1) is 12.4. The highest BCUT2D eigenvalue weighted by molar-refractivity contribution is 4.87. The van der Waals surface area contributed by atoms with Crippen LogP contribution >= 0.6 is 0 Å². The molecule has 16 heavy (non-hydrogen) atoms. The first-order valence-corrected chi connectivity index (χ1v) is 7.08. The summed E-state index contributed by atoms with van der Waals surface area (Å²) in [6, 6.07) is 0. The molecule has 0 aromatic carbocycles. The molecule has 2 aliphatic rings. The zero-order valence-corrected chi connectivity index (χ0v) is 10.7. The number of ether oxygens (including phenoxy) is 1. The van der Waals surface area contributed by atoms with Crippen LogP contribution in [0.15, 0.2) is 0 Å². The molecule has 0 aromatic rings. The Morgan fingerprint density at radius 3 is 2.38 bits per heavy atom. The molecule has 2 rings (SSSR count). The van der Waals surface area contributed by atoms with Gasteiger partial charge in [0.15, 0.2) is 0 Å². The smallest absolute Gasteiger partial charge is 0.0804 e. The molecule has 0 atom stereocenters. The molecule has 0 amide bonds. The van der Waals surface area contributed by atoms with Crippen LogP contribution in [0.2, 0.25) is 0 Å². The summed E-state index contributed by atoms with van der Waals surface area (Å²) in [5.74, 6) is 1.83. The normalized spacial score (nSPS) is 36.0. The molecule has 0 radical (unpaired) electrons. The Bertz CT molecular complexity index is 205. The van der Waals surface area contributed by atoms with Crippen molar-refractivity contribution < 1.29 is 4.74 Å². The summed E-state index contributed by atoms with van der Waals surface area (Å²) in [5.41, 5.74) is 5.96. The minimum absolute atomic E-state index is 0.0380. The fraction of sp³-hybridized carbons (Fsp3) is 1.00. The van der Waals surface area contributed by atoms with Gasteiger partial charge >= 0.3 is 0 Å². The Balaban J connectivity index is 1.71. The standard InChI is InChI=1S/C14H27NO/c1-12-5-8-14(11-15,9-6-12)16-10-7-13-3-2-4-13/h12-13H,2-11,15H2,1H3. The van der Waals surface area contributed by atoms with Gasteiger partial charge < -0.3 is 10.5 Å². The molecule has 0 aromatic heterocycles. The van der Waals surface area contributed by atoms with Gasteiger partial charge in [-0.15, -0.1) is 0 Å². The maximum absolute atomic E-state index is 6.15. The van der Waals surface area contributed by atoms with Crippen LogP contribution in [0.3, 0.4) is 0 Å². The summed E-state index contributed by atoms with van der Waals surface area (Å²) in [6.45, 7) is 4.00. The van der Waals surface area contributed by atoms with Crippen molar-refractivity contribution in [2.45, 2.75) is 63.9 Å². The lowest BCUT2D eigenvalue weighted by molar-refractivity contribution is -0.0760. The van der Waals surface area contributed by atoms with Gasteiger partial charge in [-0.25, -0.2) is 0 Å². The molecule has 0 saturated heterocycles. The van der Waals surface area contributed by atoms with Gasteiger partial charge in [-0.1, -0.05) is 26.2 Å². The van der Waals surface area contributed by atoms with E-state index in [1.807, 2.05) is 0 Å². The Morgan fingerprint density at radius 1 is 1.19 bits per heavy atom. The third-order valence-corrected chi connectivity index (χ3v) is 4.72. The van der Waals surface area contributed by atoms with Crippen LogP contribution in [0, 0.1) is 11.8 Å². The molecular weight excluding hydrogens is 198 g/mol. The van der Waals surface area contributed by atoms with E-state index in [-0.39, 0.29) is 5.60 Å². The van der Waals surface area contributed by atoms with Gasteiger partial charge in [-0.3, -0.25) is 0 Å². The quantitative estimate of drug-likeness (QED) is 0.780. The lowest BCUT2D eigenvalue weighted by atomic mass is 9.79. The van der Waals surface area contributed by atoms with Crippen LogP contribution in [-0.4, -0.2) is 18.8 Å². The van der Waals surface area contributed by atoms with E-state index < -0.39 is 0 Å². The molecule has 2 saturated carbocycles. The van der Waals surface area contributed by atoms with E-state index in [0.717, 1.165) is 18.4 Å². The van der Waals surface area contributed by atoms with Crippen molar-refractivity contribution in [3.05, 3.63) is 0 Å². The Kier molecular flexibility index (Phi) is 4.26. The molecule has 0 heterocycles. The van der Waals surface area contributed by atoms with E-state index in [2.05, 4.69) is 6.92 Å². The minimum Gasteiger partial charge on any atom is -0.374 e. The summed E-state index contributed by atoms with van der Waals surface area (Å²) in [6.07, 6.45) is 10.5. The van der Waals surface area contributed by atoms with Crippen molar-refractivity contribution in [2.75, 3.05) is 13.2 Å². The monoisotopic (exact) mass is 225 g/mol. The topological polar surface area (TPSA) is 35.2 Å². The zero-order chi connectivity index (χ0) is 11.4. The molecule has 0 aliphatic heterocycles. The van der Waals surface area contributed by atoms with Crippen LogP contribution in [0.25, 0.3) is 0 Å². The first-order valence-electron chi connectivity index (χ1n) is 7.08. The van der Waals surface area contributed by atoms with Crippen LogP contribution in [-0.2, 0) is 4.74 Å². The van der Waals surface area contributed by atoms with Crippen molar-refractivity contribution in [2.24, 2.45) is 17.6 Å². The fourth-order valence-electron chi connectivity index (χ4n) is 2.92. The van der Waals surface area contributed by atoms with E-state index in [4.69, 9.17) is 10.5 Å². The van der Waals surface area contributed by atoms with Gasteiger partial charge in [-0.05, 0) is 43.9 Å². The third kappa shape index (κ3) is 2.98. The Morgan fingerprint density at radius 2 is 1.88 bits per heavy atom. The van der Waals surface area contributed by atoms with Crippen LogP contribution in [0.4, 0.5) is 0 Å². The summed E-state index contributed by atoms with van der Waals surface area (Å²) < 4.78 is 6.15. The maximum Gasteiger partial charge on any atom is 0.0804 e. The maximum atomic E-state index is 6.15. The minimum atomic E-state index is 0.0380. The van der Waals surface area contributed by atoms with Crippen molar-refractivity contribution in [3.8, 4) is 0 Å². The molecule has 0 spiro atoms. The summed E-state index contributed by atoms with van der Waals surface area (Å²) in [7, 11) is 0. The second kappa shape index (κ2) is 5.50. The number of hydrogen-bond acceptors (Lipinski definition) is 2. The molecule has 2 N–H and O–H groups in total. The summed E-state index contributed by atoms with van der Waals surface area (Å²) in [4.78, 5) is 0. The second-order valence-corrected chi connectivity index (χ2v) is 6.00. The van der Waals surface area contributed by atoms with Gasteiger partial charge in [0.05, 0.1) is 5.60 Å².